The first kappa shape index (κ1) is 104. The molecule has 125 heavy (non-hydrogen) atoms. The van der Waals surface area contributed by atoms with Gasteiger partial charge < -0.3 is 83.5 Å². The number of aliphatic hydroxyl groups is 5. The Morgan fingerprint density at radius 2 is 1.01 bits per heavy atom. The molecule has 2 fully saturated rings. The number of nitrogens with zero attached hydrogens (tertiary/aromatic N) is 8. The fourth-order valence-corrected chi connectivity index (χ4v) is 12.0. The zero-order valence-electron chi connectivity index (χ0n) is 75.1. The number of carboxylic acids is 1. The molecule has 2 saturated heterocycles. The Morgan fingerprint density at radius 1 is 0.528 bits per heavy atom. The lowest BCUT2D eigenvalue weighted by molar-refractivity contribution is -0.158. The predicted octanol–water partition coefficient (Wildman–Crippen LogP) is 12.7. The summed E-state index contributed by atoms with van der Waals surface area (Å²) < 4.78 is 44.2. The molecular formula is C92H123N9O24. The van der Waals surface area contributed by atoms with Crippen LogP contribution in [0.25, 0.3) is 27.4 Å². The minimum absolute atomic E-state index is 0.0102. The summed E-state index contributed by atoms with van der Waals surface area (Å²) in [6.07, 6.45) is 20.5. The number of aldehydes is 3. The van der Waals surface area contributed by atoms with Crippen molar-refractivity contribution in [2.45, 2.75) is 192 Å². The number of aliphatic carboxylic acids is 1. The van der Waals surface area contributed by atoms with Crippen LogP contribution in [0.4, 0.5) is 24.9 Å². The Morgan fingerprint density at radius 3 is 1.48 bits per heavy atom. The molecule has 4 atom stereocenters. The average Bonchev–Trinajstić information content (AvgIpc) is 1.66. The number of fused-ring (bicyclic) bond motifs is 5. The van der Waals surface area contributed by atoms with Gasteiger partial charge in [-0.1, -0.05) is 30.3 Å². The molecule has 7 N–H and O–H groups in total. The third-order valence-electron chi connectivity index (χ3n) is 19.1. The molecule has 33 nitrogen and oxygen atoms in total. The summed E-state index contributed by atoms with van der Waals surface area (Å²) in [6.45, 7) is 33.8. The molecule has 33 heteroatoms. The van der Waals surface area contributed by atoms with Gasteiger partial charge in [-0.2, -0.15) is 0 Å². The highest BCUT2D eigenvalue weighted by molar-refractivity contribution is 6.09. The maximum atomic E-state index is 12.2. The number of hydrogen-bond acceptors (Lipinski definition) is 28. The zero-order valence-corrected chi connectivity index (χ0v) is 75.1. The Hall–Kier alpha value is -11.9. The van der Waals surface area contributed by atoms with Crippen molar-refractivity contribution in [2.75, 3.05) is 71.7 Å². The molecule has 680 valence electrons. The highest BCUT2D eigenvalue weighted by Gasteiger charge is 2.46. The number of carbonyl (C=O) groups is 10. The molecule has 0 bridgehead atoms. The summed E-state index contributed by atoms with van der Waals surface area (Å²) in [4.78, 5) is 133. The SMILES string of the molecule is CC(C)(C)OC(=O)N1CC(CO)C2CCNCC21.CC(C)(C)OC(=O)N1CC(CO)c2ccncc21.CC(C)(C)OC(=O)n1cc(C=O)c2ccncc21.CC(C)(C)OC(=O)n1cc(CO)c2ccncc21.CC(C)(CO)C(=O)O.COc1ccc(COC(=O)C(C)(C)C=O)cc1.COc1ccc(COC(=O)C(C)(C)CO)cc1.O=CC1=CCc2cnccc21. The third kappa shape index (κ3) is 31.7. The van der Waals surface area contributed by atoms with Gasteiger partial charge in [0, 0.05) is 109 Å². The van der Waals surface area contributed by atoms with Crippen LogP contribution in [-0.4, -0.2) is 221 Å². The first-order valence-electron chi connectivity index (χ1n) is 40.5. The van der Waals surface area contributed by atoms with Gasteiger partial charge in [0.05, 0.1) is 92.8 Å². The number of esters is 2. The molecule has 3 aliphatic heterocycles. The molecule has 8 aromatic rings. The van der Waals surface area contributed by atoms with Crippen LogP contribution in [0, 0.1) is 28.1 Å². The summed E-state index contributed by atoms with van der Waals surface area (Å²) in [6, 6.07) is 21.8. The quantitative estimate of drug-likeness (QED) is 0.0193. The smallest absolute Gasteiger partial charge is 0.419 e. The molecule has 6 aromatic heterocycles. The molecule has 12 rings (SSSR count). The number of ether oxygens (including phenoxy) is 8. The number of nitrogens with one attached hydrogen (secondary N) is 1. The topological polar surface area (TPSA) is 446 Å². The number of carboxylic acid groups (broad SMARTS) is 1. The number of methoxy groups -OCH3 is 2. The molecule has 2 amide bonds. The summed E-state index contributed by atoms with van der Waals surface area (Å²) >= 11 is 0. The van der Waals surface area contributed by atoms with E-state index in [0.29, 0.717) is 59.1 Å². The van der Waals surface area contributed by atoms with Crippen LogP contribution in [0.15, 0.2) is 141 Å². The lowest BCUT2D eigenvalue weighted by Gasteiger charge is -2.33. The van der Waals surface area contributed by atoms with Crippen LogP contribution in [0.5, 0.6) is 11.5 Å². The van der Waals surface area contributed by atoms with E-state index < -0.39 is 74.8 Å². The summed E-state index contributed by atoms with van der Waals surface area (Å²) in [5.74, 6) is 0.145. The van der Waals surface area contributed by atoms with E-state index in [9.17, 15) is 63.3 Å². The molecule has 4 unspecified atom stereocenters. The second-order valence-corrected chi connectivity index (χ2v) is 35.3. The van der Waals surface area contributed by atoms with Crippen molar-refractivity contribution in [3.05, 3.63) is 180 Å². The van der Waals surface area contributed by atoms with Crippen LogP contribution in [-0.2, 0) is 78.6 Å². The van der Waals surface area contributed by atoms with Crippen molar-refractivity contribution in [2.24, 2.45) is 28.1 Å². The Balaban J connectivity index is 0.000000256. The number of pyridine rings is 4. The van der Waals surface area contributed by atoms with E-state index >= 15 is 0 Å². The Kier molecular flexibility index (Phi) is 38.8. The van der Waals surface area contributed by atoms with Gasteiger partial charge in [-0.05, 0) is 226 Å². The highest BCUT2D eigenvalue weighted by atomic mass is 16.6. The lowest BCUT2D eigenvalue weighted by Crippen LogP contribution is -2.49. The van der Waals surface area contributed by atoms with E-state index in [1.807, 2.05) is 98.9 Å². The number of aromatic nitrogens is 6. The molecule has 0 saturated carbocycles. The minimum Gasteiger partial charge on any atom is -0.497 e. The Labute approximate surface area is 729 Å². The molecule has 9 heterocycles. The third-order valence-corrected chi connectivity index (χ3v) is 19.1. The van der Waals surface area contributed by atoms with Crippen molar-refractivity contribution in [3.63, 3.8) is 0 Å². The number of hydrogen-bond donors (Lipinski definition) is 7. The van der Waals surface area contributed by atoms with Crippen LogP contribution in [0.2, 0.25) is 0 Å². The molecule has 0 radical (unpaired) electrons. The van der Waals surface area contributed by atoms with Crippen LogP contribution >= 0.6 is 0 Å². The normalized spacial score (nSPS) is 15.6. The predicted molar refractivity (Wildman–Crippen MR) is 467 cm³/mol. The van der Waals surface area contributed by atoms with Crippen molar-refractivity contribution in [1.29, 1.82) is 0 Å². The monoisotopic (exact) mass is 1740 g/mol. The average molecular weight is 1740 g/mol. The summed E-state index contributed by atoms with van der Waals surface area (Å²) in [5, 5.41) is 58.5. The van der Waals surface area contributed by atoms with Gasteiger partial charge in [-0.25, -0.2) is 19.2 Å². The zero-order chi connectivity index (χ0) is 93.6. The van der Waals surface area contributed by atoms with E-state index in [1.165, 1.54) is 54.1 Å². The second kappa shape index (κ2) is 46.7. The largest absolute Gasteiger partial charge is 0.497 e. The van der Waals surface area contributed by atoms with Crippen molar-refractivity contribution in [1.82, 2.24) is 39.3 Å². The fourth-order valence-electron chi connectivity index (χ4n) is 12.0. The van der Waals surface area contributed by atoms with Gasteiger partial charge in [-0.15, -0.1) is 0 Å². The van der Waals surface area contributed by atoms with E-state index in [-0.39, 0.29) is 70.2 Å². The fraction of sp³-hybridized carbons (Fsp3) is 0.478. The maximum Gasteiger partial charge on any atom is 0.419 e. The van der Waals surface area contributed by atoms with Gasteiger partial charge >= 0.3 is 42.3 Å². The van der Waals surface area contributed by atoms with E-state index in [2.05, 4.69) is 25.3 Å². The van der Waals surface area contributed by atoms with Crippen LogP contribution in [0.1, 0.15) is 181 Å². The highest BCUT2D eigenvalue weighted by Crippen LogP contribution is 2.38. The Bertz CT molecular complexity index is 4930. The van der Waals surface area contributed by atoms with Crippen molar-refractivity contribution in [3.8, 4) is 11.5 Å². The van der Waals surface area contributed by atoms with E-state index in [4.69, 9.17) is 53.2 Å². The maximum absolute atomic E-state index is 12.2. The number of carbonyl (C=O) groups excluding carboxylic acids is 9. The van der Waals surface area contributed by atoms with Gasteiger partial charge in [-0.3, -0.25) is 57.9 Å². The summed E-state index contributed by atoms with van der Waals surface area (Å²) in [5.41, 5.74) is 3.62. The number of benzene rings is 2. The molecule has 0 spiro atoms. The van der Waals surface area contributed by atoms with Crippen molar-refractivity contribution >= 4 is 94.2 Å². The minimum atomic E-state index is -1.09. The second-order valence-electron chi connectivity index (χ2n) is 35.3. The number of allylic oxidation sites excluding steroid dienone is 2. The number of aliphatic hydroxyl groups excluding tert-OH is 5. The molecule has 1 aliphatic carbocycles. The molecule has 2 aromatic carbocycles. The van der Waals surface area contributed by atoms with E-state index in [1.54, 1.807) is 146 Å². The van der Waals surface area contributed by atoms with Crippen LogP contribution in [0.3, 0.4) is 0 Å². The number of anilines is 1. The number of likely N-dealkylation sites (tertiary alicyclic amines) is 1. The number of amides is 2. The first-order valence-corrected chi connectivity index (χ1v) is 40.5. The standard InChI is InChI=1S/C13H24N2O3.C13H18N2O3.C13H16N2O3.C13H14N2O3.C13H18O4.C13H16O4.C9H7NO.C5H10O3/c4*1-13(2,3)18-12(17)15-7-9(8-16)10-4-5-14-6-11(10)15;2*1-13(2,9-14)12(15)17-8-10-4-6-11(16-3)7-5-10;11-6-8-2-1-7-5-10-4-3-9(7)8;1-5(2,3-6)4(7)8/h9-11,14,16H,4-8H2,1-3H3;4-6,9,16H,7-8H2,1-3H3;4-7,16H,8H2,1-3H3;4-8H,1-3H3;4-7,14H,8-9H2,1-3H3;4-7,9H,8H2,1-3H3;2-6H,1H2;6H,3H2,1-2H3,(H,7,8). The lowest BCUT2D eigenvalue weighted by atomic mass is 9.86. The van der Waals surface area contributed by atoms with Gasteiger partial charge in [0.1, 0.15) is 65.1 Å². The van der Waals surface area contributed by atoms with Crippen LogP contribution < -0.4 is 19.7 Å². The van der Waals surface area contributed by atoms with E-state index in [0.717, 1.165) is 88.2 Å². The summed E-state index contributed by atoms with van der Waals surface area (Å²) in [7, 11) is 3.18. The molecular weight excluding hydrogens is 1620 g/mol. The number of rotatable bonds is 17. The first-order chi connectivity index (χ1) is 58.6. The van der Waals surface area contributed by atoms with Gasteiger partial charge in [0.15, 0.2) is 6.29 Å². The van der Waals surface area contributed by atoms with Gasteiger partial charge in [0.2, 0.25) is 0 Å². The van der Waals surface area contributed by atoms with Crippen molar-refractivity contribution < 1.29 is 116 Å². The van der Waals surface area contributed by atoms with Gasteiger partial charge in [0.25, 0.3) is 0 Å². The molecule has 4 aliphatic rings. The number of piperidine rings is 1.